The second-order valence-electron chi connectivity index (χ2n) is 4.23. The van der Waals surface area contributed by atoms with E-state index in [4.69, 9.17) is 27.9 Å². The largest absolute Gasteiger partial charge is 0.496 e. The van der Waals surface area contributed by atoms with Crippen molar-refractivity contribution in [2.45, 2.75) is 6.54 Å². The fourth-order valence-corrected chi connectivity index (χ4v) is 2.27. The van der Waals surface area contributed by atoms with Crippen LogP contribution < -0.4 is 10.1 Å². The van der Waals surface area contributed by atoms with Crippen LogP contribution in [0.3, 0.4) is 0 Å². The summed E-state index contributed by atoms with van der Waals surface area (Å²) in [5, 5.41) is 15.1. The van der Waals surface area contributed by atoms with Crippen LogP contribution in [0.4, 0.5) is 11.4 Å². The van der Waals surface area contributed by atoms with Crippen LogP contribution in [0.15, 0.2) is 36.4 Å². The molecule has 110 valence electrons. The smallest absolute Gasteiger partial charge is 0.296 e. The summed E-state index contributed by atoms with van der Waals surface area (Å²) in [4.78, 5) is 10.6. The summed E-state index contributed by atoms with van der Waals surface area (Å²) in [7, 11) is 1.46. The lowest BCUT2D eigenvalue weighted by Crippen LogP contribution is -2.03. The van der Waals surface area contributed by atoms with Gasteiger partial charge in [0.2, 0.25) is 0 Å². The summed E-state index contributed by atoms with van der Waals surface area (Å²) in [5.41, 5.74) is 1.14. The van der Waals surface area contributed by atoms with E-state index < -0.39 is 4.92 Å². The highest BCUT2D eigenvalue weighted by molar-refractivity contribution is 6.35. The molecule has 2 aromatic rings. The molecule has 0 amide bonds. The van der Waals surface area contributed by atoms with E-state index in [1.807, 2.05) is 0 Å². The van der Waals surface area contributed by atoms with Gasteiger partial charge < -0.3 is 10.1 Å². The van der Waals surface area contributed by atoms with Crippen LogP contribution in [0, 0.1) is 10.1 Å². The summed E-state index contributed by atoms with van der Waals surface area (Å²) in [5.74, 6) is 0.428. The van der Waals surface area contributed by atoms with E-state index in [9.17, 15) is 10.1 Å². The molecule has 2 rings (SSSR count). The van der Waals surface area contributed by atoms with Crippen molar-refractivity contribution in [1.82, 2.24) is 0 Å². The van der Waals surface area contributed by atoms with Crippen LogP contribution in [-0.4, -0.2) is 12.0 Å². The number of nitro benzene ring substituents is 1. The number of benzene rings is 2. The number of halogens is 2. The van der Waals surface area contributed by atoms with Crippen molar-refractivity contribution in [2.75, 3.05) is 12.4 Å². The van der Waals surface area contributed by atoms with Crippen molar-refractivity contribution in [1.29, 1.82) is 0 Å². The first-order valence-corrected chi connectivity index (χ1v) is 6.77. The standard InChI is InChI=1S/C14H12Cl2N2O3/c1-21-11-4-5-13(14(7-11)18(19)20)17-8-9-2-3-10(15)6-12(9)16/h2-7,17H,8H2,1H3. The van der Waals surface area contributed by atoms with Crippen molar-refractivity contribution < 1.29 is 9.66 Å². The minimum atomic E-state index is -0.464. The minimum Gasteiger partial charge on any atom is -0.496 e. The lowest BCUT2D eigenvalue weighted by molar-refractivity contribution is -0.384. The van der Waals surface area contributed by atoms with Gasteiger partial charge in [0.15, 0.2) is 0 Å². The Morgan fingerprint density at radius 3 is 2.62 bits per heavy atom. The van der Waals surface area contributed by atoms with Crippen molar-refractivity contribution in [2.24, 2.45) is 0 Å². The zero-order valence-corrected chi connectivity index (χ0v) is 12.6. The molecule has 0 aliphatic rings. The fourth-order valence-electron chi connectivity index (χ4n) is 1.79. The average molecular weight is 327 g/mol. The molecule has 0 saturated heterocycles. The third-order valence-corrected chi connectivity index (χ3v) is 3.47. The Labute approximate surface area is 131 Å². The van der Waals surface area contributed by atoms with Gasteiger partial charge in [-0.3, -0.25) is 10.1 Å². The summed E-state index contributed by atoms with van der Waals surface area (Å²) in [6.07, 6.45) is 0. The average Bonchev–Trinajstić information content (AvgIpc) is 2.46. The Morgan fingerprint density at radius 1 is 1.24 bits per heavy atom. The molecule has 0 aliphatic heterocycles. The second kappa shape index (κ2) is 6.65. The Morgan fingerprint density at radius 2 is 2.00 bits per heavy atom. The Kier molecular flexibility index (Phi) is 4.88. The van der Waals surface area contributed by atoms with Crippen LogP contribution in [-0.2, 0) is 6.54 Å². The lowest BCUT2D eigenvalue weighted by Gasteiger charge is -2.10. The number of hydrogen-bond donors (Lipinski definition) is 1. The molecule has 0 aromatic heterocycles. The summed E-state index contributed by atoms with van der Waals surface area (Å²) in [6, 6.07) is 9.73. The van der Waals surface area contributed by atoms with Gasteiger partial charge in [0.05, 0.1) is 18.1 Å². The van der Waals surface area contributed by atoms with Crippen LogP contribution in [0.1, 0.15) is 5.56 Å². The first kappa shape index (κ1) is 15.4. The van der Waals surface area contributed by atoms with Gasteiger partial charge in [0.1, 0.15) is 11.4 Å². The molecule has 0 aliphatic carbocycles. The second-order valence-corrected chi connectivity index (χ2v) is 5.07. The molecule has 7 heteroatoms. The summed E-state index contributed by atoms with van der Waals surface area (Å²) < 4.78 is 4.99. The summed E-state index contributed by atoms with van der Waals surface area (Å²) in [6.45, 7) is 0.350. The topological polar surface area (TPSA) is 64.4 Å². The number of hydrogen-bond acceptors (Lipinski definition) is 4. The maximum Gasteiger partial charge on any atom is 0.296 e. The highest BCUT2D eigenvalue weighted by atomic mass is 35.5. The van der Waals surface area contributed by atoms with E-state index in [2.05, 4.69) is 5.32 Å². The fraction of sp³-hybridized carbons (Fsp3) is 0.143. The van der Waals surface area contributed by atoms with Crippen molar-refractivity contribution in [3.63, 3.8) is 0 Å². The number of anilines is 1. The minimum absolute atomic E-state index is 0.0561. The first-order valence-electron chi connectivity index (χ1n) is 6.01. The third kappa shape index (κ3) is 3.77. The van der Waals surface area contributed by atoms with E-state index >= 15 is 0 Å². The van der Waals surface area contributed by atoms with Gasteiger partial charge in [0.25, 0.3) is 5.69 Å². The monoisotopic (exact) mass is 326 g/mol. The van der Waals surface area contributed by atoms with Gasteiger partial charge in [-0.15, -0.1) is 0 Å². The van der Waals surface area contributed by atoms with Crippen LogP contribution in [0.5, 0.6) is 5.75 Å². The molecule has 0 unspecified atom stereocenters. The van der Waals surface area contributed by atoms with E-state index in [-0.39, 0.29) is 5.69 Å². The molecule has 1 N–H and O–H groups in total. The molecule has 0 spiro atoms. The van der Waals surface area contributed by atoms with Crippen molar-refractivity contribution in [3.05, 3.63) is 62.1 Å². The number of nitrogens with one attached hydrogen (secondary N) is 1. The van der Waals surface area contributed by atoms with E-state index in [0.29, 0.717) is 28.0 Å². The zero-order valence-electron chi connectivity index (χ0n) is 11.1. The maximum atomic E-state index is 11.1. The van der Waals surface area contributed by atoms with Gasteiger partial charge in [-0.25, -0.2) is 0 Å². The van der Waals surface area contributed by atoms with Gasteiger partial charge in [0, 0.05) is 16.6 Å². The molecule has 0 heterocycles. The SMILES string of the molecule is COc1ccc(NCc2ccc(Cl)cc2Cl)c([N+](=O)[O-])c1. The Balaban J connectivity index is 2.21. The molecule has 0 saturated carbocycles. The molecule has 5 nitrogen and oxygen atoms in total. The first-order chi connectivity index (χ1) is 10.0. The normalized spacial score (nSPS) is 10.2. The molecule has 0 atom stereocenters. The molecular formula is C14H12Cl2N2O3. The number of nitro groups is 1. The van der Waals surface area contributed by atoms with Gasteiger partial charge in [-0.1, -0.05) is 29.3 Å². The van der Waals surface area contributed by atoms with Gasteiger partial charge in [-0.2, -0.15) is 0 Å². The molecule has 21 heavy (non-hydrogen) atoms. The maximum absolute atomic E-state index is 11.1. The van der Waals surface area contributed by atoms with Crippen LogP contribution >= 0.6 is 23.2 Å². The lowest BCUT2D eigenvalue weighted by atomic mass is 10.2. The predicted molar refractivity (Wildman–Crippen MR) is 83.4 cm³/mol. The van der Waals surface area contributed by atoms with E-state index in [1.54, 1.807) is 30.3 Å². The zero-order chi connectivity index (χ0) is 15.4. The van der Waals surface area contributed by atoms with Crippen molar-refractivity contribution >= 4 is 34.6 Å². The molecule has 0 bridgehead atoms. The molecule has 0 radical (unpaired) electrons. The summed E-state index contributed by atoms with van der Waals surface area (Å²) >= 11 is 11.9. The molecular weight excluding hydrogens is 315 g/mol. The van der Waals surface area contributed by atoms with Crippen LogP contribution in [0.25, 0.3) is 0 Å². The number of rotatable bonds is 5. The van der Waals surface area contributed by atoms with Crippen LogP contribution in [0.2, 0.25) is 10.0 Å². The van der Waals surface area contributed by atoms with E-state index in [1.165, 1.54) is 13.2 Å². The Hall–Kier alpha value is -1.98. The van der Waals surface area contributed by atoms with Gasteiger partial charge >= 0.3 is 0 Å². The highest BCUT2D eigenvalue weighted by Gasteiger charge is 2.15. The predicted octanol–water partition coefficient (Wildman–Crippen LogP) is 4.52. The molecule has 0 fully saturated rings. The number of ether oxygens (including phenoxy) is 1. The van der Waals surface area contributed by atoms with E-state index in [0.717, 1.165) is 5.56 Å². The molecule has 2 aromatic carbocycles. The van der Waals surface area contributed by atoms with Crippen molar-refractivity contribution in [3.8, 4) is 5.75 Å². The Bertz CT molecular complexity index is 677. The number of methoxy groups -OCH3 is 1. The quantitative estimate of drug-likeness (QED) is 0.648. The third-order valence-electron chi connectivity index (χ3n) is 2.89. The highest BCUT2D eigenvalue weighted by Crippen LogP contribution is 2.30. The number of nitrogens with zero attached hydrogens (tertiary/aromatic N) is 1. The van der Waals surface area contributed by atoms with Gasteiger partial charge in [-0.05, 0) is 29.8 Å².